The molecule has 4 rings (SSSR count). The van der Waals surface area contributed by atoms with Gasteiger partial charge in [-0.3, -0.25) is 9.59 Å². The largest absolute Gasteiger partial charge is 0.497 e. The van der Waals surface area contributed by atoms with Gasteiger partial charge in [0.15, 0.2) is 0 Å². The van der Waals surface area contributed by atoms with Crippen molar-refractivity contribution in [2.45, 2.75) is 25.6 Å². The Morgan fingerprint density at radius 1 is 1.23 bits per heavy atom. The second-order valence-corrected chi connectivity index (χ2v) is 8.59. The van der Waals surface area contributed by atoms with Crippen molar-refractivity contribution in [2.24, 2.45) is 7.05 Å². The molecule has 0 aliphatic carbocycles. The molecule has 1 aliphatic rings. The molecule has 3 aromatic rings. The Morgan fingerprint density at radius 2 is 1.97 bits per heavy atom. The van der Waals surface area contributed by atoms with Gasteiger partial charge in [-0.2, -0.15) is 0 Å². The van der Waals surface area contributed by atoms with Crippen LogP contribution in [0.2, 0.25) is 5.02 Å². The Balaban J connectivity index is 1.93. The monoisotopic (exact) mass is 459 g/mol. The zero-order valence-corrected chi connectivity index (χ0v) is 19.0. The number of hydrogen-bond acceptors (Lipinski definition) is 6. The van der Waals surface area contributed by atoms with E-state index in [-0.39, 0.29) is 23.9 Å². The number of hydrogen-bond donors (Lipinski definition) is 0. The van der Waals surface area contributed by atoms with Crippen LogP contribution >= 0.6 is 22.9 Å². The van der Waals surface area contributed by atoms with Gasteiger partial charge in [-0.05, 0) is 48.4 Å². The lowest BCUT2D eigenvalue weighted by atomic mass is 9.95. The smallest absolute Gasteiger partial charge is 0.308 e. The van der Waals surface area contributed by atoms with Crippen LogP contribution in [-0.4, -0.2) is 24.3 Å². The lowest BCUT2D eigenvalue weighted by molar-refractivity contribution is -0.147. The van der Waals surface area contributed by atoms with Crippen molar-refractivity contribution in [3.63, 3.8) is 0 Å². The quantitative estimate of drug-likeness (QED) is 0.508. The summed E-state index contributed by atoms with van der Waals surface area (Å²) in [6, 6.07) is 13.1. The van der Waals surface area contributed by atoms with Gasteiger partial charge in [0.1, 0.15) is 18.0 Å². The average molecular weight is 460 g/mol. The molecule has 0 N–H and O–H groups in total. The first-order valence-corrected chi connectivity index (χ1v) is 11.1. The highest BCUT2D eigenvalue weighted by atomic mass is 35.5. The first-order valence-electron chi connectivity index (χ1n) is 9.87. The van der Waals surface area contributed by atoms with Crippen LogP contribution in [0.15, 0.2) is 47.3 Å². The highest BCUT2D eigenvalue weighted by Crippen LogP contribution is 2.47. The van der Waals surface area contributed by atoms with Crippen molar-refractivity contribution in [2.75, 3.05) is 13.7 Å². The first-order chi connectivity index (χ1) is 14.9. The maximum atomic E-state index is 12.6. The van der Waals surface area contributed by atoms with E-state index in [0.717, 1.165) is 33.7 Å². The van der Waals surface area contributed by atoms with Gasteiger partial charge in [-0.25, -0.2) is 0 Å². The van der Waals surface area contributed by atoms with E-state index in [4.69, 9.17) is 25.8 Å². The molecule has 0 radical (unpaired) electrons. The van der Waals surface area contributed by atoms with E-state index in [1.807, 2.05) is 30.3 Å². The fraction of sp³-hybridized carbons (Fsp3) is 0.304. The number of rotatable bonds is 5. The number of halogens is 1. The number of esters is 1. The van der Waals surface area contributed by atoms with Gasteiger partial charge < -0.3 is 18.8 Å². The van der Waals surface area contributed by atoms with Gasteiger partial charge in [0.2, 0.25) is 0 Å². The van der Waals surface area contributed by atoms with Gasteiger partial charge in [-0.1, -0.05) is 35.1 Å². The van der Waals surface area contributed by atoms with E-state index in [1.54, 1.807) is 37.8 Å². The molecule has 1 aliphatic heterocycles. The molecule has 0 amide bonds. The number of carbonyl (C=O) groups excluding carboxylic acids is 1. The predicted molar refractivity (Wildman–Crippen MR) is 120 cm³/mol. The Labute approximate surface area is 188 Å². The van der Waals surface area contributed by atoms with Crippen LogP contribution in [0.3, 0.4) is 0 Å². The summed E-state index contributed by atoms with van der Waals surface area (Å²) in [4.78, 5) is 25.5. The maximum Gasteiger partial charge on any atom is 0.308 e. The zero-order chi connectivity index (χ0) is 22.1. The summed E-state index contributed by atoms with van der Waals surface area (Å²) >= 11 is 7.19. The van der Waals surface area contributed by atoms with Crippen LogP contribution in [0.1, 0.15) is 41.6 Å². The van der Waals surface area contributed by atoms with Crippen LogP contribution < -0.4 is 9.61 Å². The van der Waals surface area contributed by atoms with Crippen molar-refractivity contribution < 1.29 is 19.0 Å². The predicted octanol–water partition coefficient (Wildman–Crippen LogP) is 4.89. The molecule has 8 heteroatoms. The molecule has 162 valence electrons. The Morgan fingerprint density at radius 3 is 2.65 bits per heavy atom. The van der Waals surface area contributed by atoms with Crippen molar-refractivity contribution in [1.29, 1.82) is 0 Å². The molecule has 0 saturated heterocycles. The summed E-state index contributed by atoms with van der Waals surface area (Å²) < 4.78 is 18.8. The SMILES string of the molecule is CCOC(=O)CC1OC(c2ccc(Cl)cc2)c2cc(OC)ccc2-c2c1sc(=O)n2C. The Hall–Kier alpha value is -2.61. The van der Waals surface area contributed by atoms with Crippen molar-refractivity contribution in [1.82, 2.24) is 4.57 Å². The average Bonchev–Trinajstić information content (AvgIpc) is 2.98. The van der Waals surface area contributed by atoms with Crippen molar-refractivity contribution >= 4 is 28.9 Å². The van der Waals surface area contributed by atoms with Crippen LogP contribution in [0.25, 0.3) is 11.3 Å². The third-order valence-corrected chi connectivity index (χ3v) is 6.64. The number of aromatic nitrogens is 1. The number of fused-ring (bicyclic) bond motifs is 3. The van der Waals surface area contributed by atoms with Crippen LogP contribution in [0, 0.1) is 0 Å². The fourth-order valence-electron chi connectivity index (χ4n) is 3.81. The fourth-order valence-corrected chi connectivity index (χ4v) is 4.96. The third kappa shape index (κ3) is 4.13. The van der Waals surface area contributed by atoms with Crippen molar-refractivity contribution in [3.8, 4) is 17.0 Å². The molecule has 1 aromatic heterocycles. The van der Waals surface area contributed by atoms with Crippen LogP contribution in [0.5, 0.6) is 5.75 Å². The lowest BCUT2D eigenvalue weighted by Crippen LogP contribution is -2.15. The van der Waals surface area contributed by atoms with E-state index >= 15 is 0 Å². The minimum atomic E-state index is -0.632. The molecule has 2 unspecified atom stereocenters. The molecule has 31 heavy (non-hydrogen) atoms. The number of nitrogens with zero attached hydrogens (tertiary/aromatic N) is 1. The summed E-state index contributed by atoms with van der Waals surface area (Å²) in [7, 11) is 3.33. The highest BCUT2D eigenvalue weighted by Gasteiger charge is 2.35. The maximum absolute atomic E-state index is 12.6. The standard InChI is InChI=1S/C23H22ClNO5S/c1-4-29-19(26)12-18-22-20(25(2)23(27)31-22)16-10-9-15(28-3)11-17(16)21(30-18)13-5-7-14(24)8-6-13/h5-11,18,21H,4,12H2,1-3H3. The summed E-state index contributed by atoms with van der Waals surface area (Å²) in [6.45, 7) is 2.04. The summed E-state index contributed by atoms with van der Waals surface area (Å²) in [5.41, 5.74) is 3.34. The summed E-state index contributed by atoms with van der Waals surface area (Å²) in [5.74, 6) is 0.298. The minimum absolute atomic E-state index is 0.00993. The second kappa shape index (κ2) is 8.86. The molecule has 2 heterocycles. The van der Waals surface area contributed by atoms with Gasteiger partial charge in [0.05, 0.1) is 30.7 Å². The molecule has 0 spiro atoms. The Kier molecular flexibility index (Phi) is 6.18. The molecule has 6 nitrogen and oxygen atoms in total. The molecular formula is C23H22ClNO5S. The van der Waals surface area contributed by atoms with Gasteiger partial charge in [0.25, 0.3) is 0 Å². The number of carbonyl (C=O) groups is 1. The van der Waals surface area contributed by atoms with Crippen LogP contribution in [-0.2, 0) is 21.3 Å². The first kappa shape index (κ1) is 21.6. The summed E-state index contributed by atoms with van der Waals surface area (Å²) in [6.07, 6.45) is -1.11. The molecule has 2 atom stereocenters. The van der Waals surface area contributed by atoms with Gasteiger partial charge >= 0.3 is 10.8 Å². The zero-order valence-electron chi connectivity index (χ0n) is 17.4. The van der Waals surface area contributed by atoms with Crippen LogP contribution in [0.4, 0.5) is 0 Å². The number of ether oxygens (including phenoxy) is 3. The van der Waals surface area contributed by atoms with Gasteiger partial charge in [0, 0.05) is 17.6 Å². The van der Waals surface area contributed by atoms with E-state index in [9.17, 15) is 9.59 Å². The topological polar surface area (TPSA) is 66.8 Å². The highest BCUT2D eigenvalue weighted by molar-refractivity contribution is 7.09. The van der Waals surface area contributed by atoms with E-state index in [2.05, 4.69) is 0 Å². The second-order valence-electron chi connectivity index (χ2n) is 7.16. The number of thiazole rings is 1. The Bertz CT molecular complexity index is 1170. The third-order valence-electron chi connectivity index (χ3n) is 5.26. The molecule has 0 fully saturated rings. The van der Waals surface area contributed by atoms with E-state index in [0.29, 0.717) is 15.6 Å². The molecule has 2 aromatic carbocycles. The van der Waals surface area contributed by atoms with E-state index in [1.165, 1.54) is 0 Å². The molecular weight excluding hydrogens is 438 g/mol. The normalized spacial score (nSPS) is 17.4. The van der Waals surface area contributed by atoms with E-state index < -0.39 is 12.2 Å². The number of methoxy groups -OCH3 is 1. The van der Waals surface area contributed by atoms with Gasteiger partial charge in [-0.15, -0.1) is 0 Å². The molecule has 0 saturated carbocycles. The minimum Gasteiger partial charge on any atom is -0.497 e. The van der Waals surface area contributed by atoms with Crippen molar-refractivity contribution in [3.05, 3.63) is 73.2 Å². The molecule has 0 bridgehead atoms. The number of benzene rings is 2. The lowest BCUT2D eigenvalue weighted by Gasteiger charge is -2.23. The summed E-state index contributed by atoms with van der Waals surface area (Å²) in [5, 5.41) is 0.618.